The number of allylic oxidation sites excluding steroid dienone is 2. The van der Waals surface area contributed by atoms with Crippen LogP contribution in [0.15, 0.2) is 33.3 Å². The molecule has 2 rings (SSSR count). The second-order valence-corrected chi connectivity index (χ2v) is 9.72. The maximum absolute atomic E-state index is 2.61. The van der Waals surface area contributed by atoms with Crippen LogP contribution < -0.4 is 0 Å². The monoisotopic (exact) mass is 408 g/mol. The third kappa shape index (κ3) is 7.45. The van der Waals surface area contributed by atoms with Crippen LogP contribution in [0.1, 0.15) is 91.9 Å². The van der Waals surface area contributed by atoms with Gasteiger partial charge in [-0.3, -0.25) is 0 Å². The molecule has 0 fully saturated rings. The van der Waals surface area contributed by atoms with Crippen LogP contribution in [0, 0.1) is 0 Å². The van der Waals surface area contributed by atoms with E-state index in [1.54, 1.807) is 0 Å². The quantitative estimate of drug-likeness (QED) is 0.285. The lowest BCUT2D eigenvalue weighted by molar-refractivity contribution is 0.348. The van der Waals surface area contributed by atoms with Gasteiger partial charge in [0.2, 0.25) is 0 Å². The van der Waals surface area contributed by atoms with E-state index in [0.29, 0.717) is 5.37 Å². The van der Waals surface area contributed by atoms with Crippen molar-refractivity contribution in [2.45, 2.75) is 97.3 Å². The lowest BCUT2D eigenvalue weighted by atomic mass is 10.1. The maximum Gasteiger partial charge on any atom is 0.100 e. The first-order valence-electron chi connectivity index (χ1n) is 11.1. The average molecular weight is 409 g/mol. The summed E-state index contributed by atoms with van der Waals surface area (Å²) in [6, 6.07) is 0. The maximum atomic E-state index is 2.61. The van der Waals surface area contributed by atoms with Crippen molar-refractivity contribution in [3.63, 3.8) is 0 Å². The molecule has 0 aliphatic carbocycles. The van der Waals surface area contributed by atoms with E-state index in [-0.39, 0.29) is 0 Å². The van der Waals surface area contributed by atoms with Gasteiger partial charge in [0.1, 0.15) is 5.37 Å². The topological polar surface area (TPSA) is 6.48 Å². The van der Waals surface area contributed by atoms with Gasteiger partial charge in [0.25, 0.3) is 0 Å². The van der Waals surface area contributed by atoms with Crippen molar-refractivity contribution in [1.29, 1.82) is 0 Å². The Bertz CT molecular complexity index is 524. The van der Waals surface area contributed by atoms with Crippen LogP contribution in [-0.4, -0.2) is 28.3 Å². The van der Waals surface area contributed by atoms with E-state index in [0.717, 1.165) is 0 Å². The van der Waals surface area contributed by atoms with Crippen molar-refractivity contribution in [2.24, 2.45) is 0 Å². The number of nitrogens with zero attached hydrogens (tertiary/aromatic N) is 2. The molecule has 0 bridgehead atoms. The second kappa shape index (κ2) is 12.9. The number of rotatable bonds is 13. The first-order chi connectivity index (χ1) is 13.2. The summed E-state index contributed by atoms with van der Waals surface area (Å²) in [5, 5.41) is 6.59. The second-order valence-electron chi connectivity index (χ2n) is 7.84. The van der Waals surface area contributed by atoms with E-state index in [1.807, 2.05) is 23.5 Å². The molecule has 0 N–H and O–H groups in total. The standard InChI is InChI=1S/C23H40N2S2/c1-5-7-9-11-13-15-24-20(3)18-26-22(24)17-23-25(21(4)19-27-23)16-14-12-10-8-6-2/h17-19,22H,5-16H2,1-4H3. The zero-order valence-corrected chi connectivity index (χ0v) is 19.6. The largest absolute Gasteiger partial charge is 0.359 e. The van der Waals surface area contributed by atoms with Gasteiger partial charge in [-0.25, -0.2) is 0 Å². The van der Waals surface area contributed by atoms with E-state index >= 15 is 0 Å². The van der Waals surface area contributed by atoms with Gasteiger partial charge in [0, 0.05) is 24.5 Å². The third-order valence-corrected chi connectivity index (χ3v) is 7.66. The van der Waals surface area contributed by atoms with E-state index < -0.39 is 0 Å². The molecule has 2 aliphatic rings. The van der Waals surface area contributed by atoms with Crippen LogP contribution in [-0.2, 0) is 0 Å². The van der Waals surface area contributed by atoms with Crippen molar-refractivity contribution >= 4 is 23.5 Å². The Balaban J connectivity index is 1.86. The molecule has 2 aliphatic heterocycles. The molecular weight excluding hydrogens is 368 g/mol. The fourth-order valence-electron chi connectivity index (χ4n) is 3.69. The minimum Gasteiger partial charge on any atom is -0.359 e. The number of thioether (sulfide) groups is 2. The normalized spacial score (nSPS) is 21.3. The van der Waals surface area contributed by atoms with Gasteiger partial charge in [-0.15, -0.1) is 11.8 Å². The minimum atomic E-state index is 0.473. The molecule has 1 unspecified atom stereocenters. The van der Waals surface area contributed by atoms with Crippen molar-refractivity contribution in [3.05, 3.63) is 33.3 Å². The molecule has 0 amide bonds. The molecule has 2 nitrogen and oxygen atoms in total. The molecular formula is C23H40N2S2. The van der Waals surface area contributed by atoms with Crippen LogP contribution in [0.5, 0.6) is 0 Å². The smallest absolute Gasteiger partial charge is 0.100 e. The SMILES string of the molecule is CCCCCCCN1C(C)=CSC1=CC1SC=C(C)N1CCCCCCC. The summed E-state index contributed by atoms with van der Waals surface area (Å²) in [5.74, 6) is 0. The Hall–Kier alpha value is -0.480. The highest BCUT2D eigenvalue weighted by molar-refractivity contribution is 8.06. The highest BCUT2D eigenvalue weighted by Crippen LogP contribution is 2.39. The van der Waals surface area contributed by atoms with E-state index in [1.165, 1.54) is 93.7 Å². The highest BCUT2D eigenvalue weighted by Gasteiger charge is 2.25. The zero-order chi connectivity index (χ0) is 19.5. The fourth-order valence-corrected chi connectivity index (χ4v) is 5.86. The zero-order valence-electron chi connectivity index (χ0n) is 18.0. The van der Waals surface area contributed by atoms with Crippen molar-refractivity contribution in [1.82, 2.24) is 9.80 Å². The number of unbranched alkanes of at least 4 members (excludes halogenated alkanes) is 8. The molecule has 1 atom stereocenters. The summed E-state index contributed by atoms with van der Waals surface area (Å²) >= 11 is 3.89. The molecule has 0 aromatic rings. The predicted octanol–water partition coefficient (Wildman–Crippen LogP) is 7.91. The van der Waals surface area contributed by atoms with Crippen molar-refractivity contribution < 1.29 is 0 Å². The lowest BCUT2D eigenvalue weighted by Crippen LogP contribution is -2.28. The summed E-state index contributed by atoms with van der Waals surface area (Å²) in [6.07, 6.45) is 16.0. The fraction of sp³-hybridized carbons (Fsp3) is 0.739. The summed E-state index contributed by atoms with van der Waals surface area (Å²) in [6.45, 7) is 11.5. The van der Waals surface area contributed by atoms with Gasteiger partial charge >= 0.3 is 0 Å². The van der Waals surface area contributed by atoms with Gasteiger partial charge in [-0.1, -0.05) is 77.0 Å². The van der Waals surface area contributed by atoms with Gasteiger partial charge in [0.05, 0.1) is 5.03 Å². The Morgan fingerprint density at radius 3 is 2.11 bits per heavy atom. The summed E-state index contributed by atoms with van der Waals surface area (Å²) in [7, 11) is 0. The van der Waals surface area contributed by atoms with Crippen LogP contribution in [0.4, 0.5) is 0 Å². The van der Waals surface area contributed by atoms with Crippen LogP contribution >= 0.6 is 23.5 Å². The molecule has 2 heterocycles. The molecule has 0 radical (unpaired) electrons. The Kier molecular flexibility index (Phi) is 10.9. The number of hydrogen-bond donors (Lipinski definition) is 0. The molecule has 0 aromatic heterocycles. The van der Waals surface area contributed by atoms with Crippen molar-refractivity contribution in [3.8, 4) is 0 Å². The first kappa shape index (κ1) is 22.8. The summed E-state index contributed by atoms with van der Waals surface area (Å²) < 4.78 is 0. The molecule has 0 aromatic carbocycles. The average Bonchev–Trinajstić information content (AvgIpc) is 3.18. The van der Waals surface area contributed by atoms with E-state index in [9.17, 15) is 0 Å². The predicted molar refractivity (Wildman–Crippen MR) is 125 cm³/mol. The summed E-state index contributed by atoms with van der Waals surface area (Å²) in [4.78, 5) is 5.15. The molecule has 154 valence electrons. The van der Waals surface area contributed by atoms with E-state index in [4.69, 9.17) is 0 Å². The van der Waals surface area contributed by atoms with Gasteiger partial charge in [0.15, 0.2) is 0 Å². The molecule has 0 saturated carbocycles. The Morgan fingerprint density at radius 2 is 1.44 bits per heavy atom. The molecule has 0 spiro atoms. The van der Waals surface area contributed by atoms with Crippen molar-refractivity contribution in [2.75, 3.05) is 13.1 Å². The number of hydrogen-bond acceptors (Lipinski definition) is 4. The van der Waals surface area contributed by atoms with Crippen LogP contribution in [0.2, 0.25) is 0 Å². The lowest BCUT2D eigenvalue weighted by Gasteiger charge is -2.28. The van der Waals surface area contributed by atoms with Crippen LogP contribution in [0.3, 0.4) is 0 Å². The summed E-state index contributed by atoms with van der Waals surface area (Å²) in [5.41, 5.74) is 2.86. The molecule has 0 saturated heterocycles. The van der Waals surface area contributed by atoms with Gasteiger partial charge < -0.3 is 9.80 Å². The third-order valence-electron chi connectivity index (χ3n) is 5.45. The highest BCUT2D eigenvalue weighted by atomic mass is 32.2. The molecule has 4 heteroatoms. The Morgan fingerprint density at radius 1 is 0.815 bits per heavy atom. The van der Waals surface area contributed by atoms with Gasteiger partial charge in [-0.2, -0.15) is 0 Å². The minimum absolute atomic E-state index is 0.473. The Labute approximate surface area is 176 Å². The first-order valence-corrected chi connectivity index (χ1v) is 12.9. The van der Waals surface area contributed by atoms with Gasteiger partial charge in [-0.05, 0) is 43.6 Å². The van der Waals surface area contributed by atoms with Crippen LogP contribution in [0.25, 0.3) is 0 Å². The van der Waals surface area contributed by atoms with E-state index in [2.05, 4.69) is 54.4 Å². The molecule has 27 heavy (non-hydrogen) atoms.